The molecule has 1 heterocycles. The van der Waals surface area contributed by atoms with E-state index in [1.165, 1.54) is 5.56 Å². The fourth-order valence-corrected chi connectivity index (χ4v) is 2.10. The third kappa shape index (κ3) is 3.59. The van der Waals surface area contributed by atoms with Crippen molar-refractivity contribution in [1.82, 2.24) is 5.32 Å². The predicted molar refractivity (Wildman–Crippen MR) is 71.8 cm³/mol. The molecule has 0 radical (unpaired) electrons. The number of aliphatic hydroxyl groups excluding tert-OH is 2. The quantitative estimate of drug-likeness (QED) is 0.689. The fourth-order valence-electron chi connectivity index (χ4n) is 2.10. The Morgan fingerprint density at radius 1 is 1.16 bits per heavy atom. The van der Waals surface area contributed by atoms with Crippen LogP contribution in [0.15, 0.2) is 12.1 Å². The van der Waals surface area contributed by atoms with Crippen LogP contribution in [0.5, 0.6) is 11.5 Å². The average Bonchev–Trinajstić information content (AvgIpc) is 2.44. The molecule has 106 valence electrons. The number of benzene rings is 1. The molecular weight excluding hydrogens is 246 g/mol. The summed E-state index contributed by atoms with van der Waals surface area (Å²) >= 11 is 0. The van der Waals surface area contributed by atoms with Gasteiger partial charge in [-0.2, -0.15) is 0 Å². The van der Waals surface area contributed by atoms with E-state index in [9.17, 15) is 0 Å². The molecule has 0 fully saturated rings. The minimum atomic E-state index is -0.252. The van der Waals surface area contributed by atoms with E-state index in [0.29, 0.717) is 19.8 Å². The van der Waals surface area contributed by atoms with Crippen LogP contribution in [-0.2, 0) is 6.42 Å². The first-order chi connectivity index (χ1) is 9.24. The standard InChI is InChI=1S/C14H21NO4/c1-10-6-13-14(19-5-4-18-13)7-11(10)2-3-15-12(8-16)9-17/h6-7,12,15-17H,2-5,8-9H2,1H3. The van der Waals surface area contributed by atoms with Crippen LogP contribution in [0.1, 0.15) is 11.1 Å². The molecule has 0 amide bonds. The summed E-state index contributed by atoms with van der Waals surface area (Å²) in [5.74, 6) is 1.61. The van der Waals surface area contributed by atoms with Crippen LogP contribution < -0.4 is 14.8 Å². The Morgan fingerprint density at radius 3 is 2.42 bits per heavy atom. The first-order valence-electron chi connectivity index (χ1n) is 6.59. The Hall–Kier alpha value is -1.30. The molecule has 2 rings (SSSR count). The number of aryl methyl sites for hydroxylation is 1. The van der Waals surface area contributed by atoms with Crippen LogP contribution >= 0.6 is 0 Å². The molecule has 0 bridgehead atoms. The molecule has 5 heteroatoms. The van der Waals surface area contributed by atoms with E-state index in [-0.39, 0.29) is 19.3 Å². The molecule has 3 N–H and O–H groups in total. The van der Waals surface area contributed by atoms with Gasteiger partial charge in [0.05, 0.1) is 19.3 Å². The van der Waals surface area contributed by atoms with E-state index in [2.05, 4.69) is 5.32 Å². The maximum absolute atomic E-state index is 8.98. The third-order valence-electron chi connectivity index (χ3n) is 3.27. The van der Waals surface area contributed by atoms with Crippen LogP contribution in [0.25, 0.3) is 0 Å². The van der Waals surface area contributed by atoms with Crippen LogP contribution in [0.3, 0.4) is 0 Å². The van der Waals surface area contributed by atoms with Gasteiger partial charge in [0.2, 0.25) is 0 Å². The summed E-state index contributed by atoms with van der Waals surface area (Å²) < 4.78 is 11.1. The van der Waals surface area contributed by atoms with Crippen molar-refractivity contribution in [3.8, 4) is 11.5 Å². The van der Waals surface area contributed by atoms with Gasteiger partial charge >= 0.3 is 0 Å². The van der Waals surface area contributed by atoms with E-state index in [4.69, 9.17) is 19.7 Å². The summed E-state index contributed by atoms with van der Waals surface area (Å²) in [5, 5.41) is 21.1. The van der Waals surface area contributed by atoms with E-state index in [0.717, 1.165) is 23.5 Å². The number of hydrogen-bond donors (Lipinski definition) is 3. The van der Waals surface area contributed by atoms with Gasteiger partial charge in [0.1, 0.15) is 13.2 Å². The predicted octanol–water partition coefficient (Wildman–Crippen LogP) is 0.252. The highest BCUT2D eigenvalue weighted by Crippen LogP contribution is 2.33. The normalized spacial score (nSPS) is 13.9. The van der Waals surface area contributed by atoms with Crippen molar-refractivity contribution < 1.29 is 19.7 Å². The Kier molecular flexibility index (Phi) is 5.01. The van der Waals surface area contributed by atoms with Gasteiger partial charge in [-0.3, -0.25) is 0 Å². The van der Waals surface area contributed by atoms with Gasteiger partial charge in [-0.1, -0.05) is 0 Å². The lowest BCUT2D eigenvalue weighted by atomic mass is 10.0. The Bertz CT molecular complexity index is 418. The summed E-state index contributed by atoms with van der Waals surface area (Å²) in [4.78, 5) is 0. The molecule has 1 aromatic rings. The second kappa shape index (κ2) is 6.75. The van der Waals surface area contributed by atoms with E-state index in [1.807, 2.05) is 19.1 Å². The summed E-state index contributed by atoms with van der Waals surface area (Å²) in [6.07, 6.45) is 0.818. The average molecular weight is 267 g/mol. The van der Waals surface area contributed by atoms with Crippen LogP contribution in [0.2, 0.25) is 0 Å². The summed E-state index contributed by atoms with van der Waals surface area (Å²) in [5.41, 5.74) is 2.35. The van der Waals surface area contributed by atoms with Crippen LogP contribution in [-0.4, -0.2) is 49.2 Å². The number of aliphatic hydroxyl groups is 2. The lowest BCUT2D eigenvalue weighted by molar-refractivity contribution is 0.170. The molecule has 0 aromatic heterocycles. The lowest BCUT2D eigenvalue weighted by Gasteiger charge is -2.20. The molecule has 1 aliphatic rings. The first kappa shape index (κ1) is 14.1. The summed E-state index contributed by atoms with van der Waals surface area (Å²) in [7, 11) is 0. The molecule has 19 heavy (non-hydrogen) atoms. The van der Waals surface area contributed by atoms with Crippen molar-refractivity contribution in [2.45, 2.75) is 19.4 Å². The van der Waals surface area contributed by atoms with Gasteiger partial charge in [-0.05, 0) is 43.1 Å². The number of nitrogens with one attached hydrogen (secondary N) is 1. The maximum atomic E-state index is 8.98. The van der Waals surface area contributed by atoms with Gasteiger partial charge in [0, 0.05) is 0 Å². The van der Waals surface area contributed by atoms with Gasteiger partial charge in [-0.25, -0.2) is 0 Å². The zero-order chi connectivity index (χ0) is 13.7. The van der Waals surface area contributed by atoms with Crippen molar-refractivity contribution >= 4 is 0 Å². The molecule has 0 unspecified atom stereocenters. The molecule has 0 aliphatic carbocycles. The van der Waals surface area contributed by atoms with Crippen LogP contribution in [0, 0.1) is 6.92 Å². The molecule has 1 aliphatic heterocycles. The van der Waals surface area contributed by atoms with E-state index >= 15 is 0 Å². The van der Waals surface area contributed by atoms with Gasteiger partial charge in [0.25, 0.3) is 0 Å². The number of ether oxygens (including phenoxy) is 2. The fraction of sp³-hybridized carbons (Fsp3) is 0.571. The highest BCUT2D eigenvalue weighted by Gasteiger charge is 2.14. The van der Waals surface area contributed by atoms with E-state index < -0.39 is 0 Å². The van der Waals surface area contributed by atoms with Crippen molar-refractivity contribution in [1.29, 1.82) is 0 Å². The molecule has 0 saturated carbocycles. The Labute approximate surface area is 113 Å². The summed E-state index contributed by atoms with van der Waals surface area (Å²) in [6.45, 7) is 3.82. The minimum absolute atomic E-state index is 0.0589. The van der Waals surface area contributed by atoms with Crippen molar-refractivity contribution in [3.63, 3.8) is 0 Å². The topological polar surface area (TPSA) is 71.0 Å². The number of fused-ring (bicyclic) bond motifs is 1. The monoisotopic (exact) mass is 267 g/mol. The third-order valence-corrected chi connectivity index (χ3v) is 3.27. The lowest BCUT2D eigenvalue weighted by Crippen LogP contribution is -2.37. The zero-order valence-corrected chi connectivity index (χ0v) is 11.2. The molecule has 0 saturated heterocycles. The first-order valence-corrected chi connectivity index (χ1v) is 6.59. The minimum Gasteiger partial charge on any atom is -0.486 e. The highest BCUT2D eigenvalue weighted by molar-refractivity contribution is 5.47. The summed E-state index contributed by atoms with van der Waals surface area (Å²) in [6, 6.07) is 3.76. The largest absolute Gasteiger partial charge is 0.486 e. The maximum Gasteiger partial charge on any atom is 0.161 e. The molecule has 5 nitrogen and oxygen atoms in total. The SMILES string of the molecule is Cc1cc2c(cc1CCNC(CO)CO)OCCO2. The Balaban J connectivity index is 1.96. The second-order valence-corrected chi connectivity index (χ2v) is 4.69. The number of hydrogen-bond acceptors (Lipinski definition) is 5. The Morgan fingerprint density at radius 2 is 1.79 bits per heavy atom. The molecule has 1 aromatic carbocycles. The van der Waals surface area contributed by atoms with Gasteiger partial charge < -0.3 is 25.0 Å². The molecular formula is C14H21NO4. The van der Waals surface area contributed by atoms with Crippen molar-refractivity contribution in [2.24, 2.45) is 0 Å². The van der Waals surface area contributed by atoms with Crippen LogP contribution in [0.4, 0.5) is 0 Å². The second-order valence-electron chi connectivity index (χ2n) is 4.69. The number of rotatable bonds is 6. The highest BCUT2D eigenvalue weighted by atomic mass is 16.6. The van der Waals surface area contributed by atoms with E-state index in [1.54, 1.807) is 0 Å². The van der Waals surface area contributed by atoms with Gasteiger partial charge in [0.15, 0.2) is 11.5 Å². The van der Waals surface area contributed by atoms with Crippen molar-refractivity contribution in [3.05, 3.63) is 23.3 Å². The van der Waals surface area contributed by atoms with Gasteiger partial charge in [-0.15, -0.1) is 0 Å². The smallest absolute Gasteiger partial charge is 0.161 e. The zero-order valence-electron chi connectivity index (χ0n) is 11.2. The molecule has 0 atom stereocenters. The molecule has 0 spiro atoms. The van der Waals surface area contributed by atoms with Crippen molar-refractivity contribution in [2.75, 3.05) is 33.0 Å².